The summed E-state index contributed by atoms with van der Waals surface area (Å²) in [5.74, 6) is 1.30. The van der Waals surface area contributed by atoms with Crippen molar-refractivity contribution in [3.05, 3.63) is 24.3 Å². The molecule has 0 spiro atoms. The highest BCUT2D eigenvalue weighted by Gasteiger charge is 2.17. The highest BCUT2D eigenvalue weighted by atomic mass is 16.5. The van der Waals surface area contributed by atoms with Crippen molar-refractivity contribution < 1.29 is 9.53 Å². The van der Waals surface area contributed by atoms with Crippen molar-refractivity contribution in [2.24, 2.45) is 11.7 Å². The van der Waals surface area contributed by atoms with Crippen LogP contribution in [0.25, 0.3) is 0 Å². The summed E-state index contributed by atoms with van der Waals surface area (Å²) < 4.78 is 5.45. The summed E-state index contributed by atoms with van der Waals surface area (Å²) in [6, 6.07) is 8.49. The number of carbonyl (C=O) groups is 1. The summed E-state index contributed by atoms with van der Waals surface area (Å²) in [5, 5.41) is 3.57. The maximum Gasteiger partial charge on any atom is 0.220 e. The lowest BCUT2D eigenvalue weighted by molar-refractivity contribution is -0.118. The van der Waals surface area contributed by atoms with Crippen LogP contribution in [-0.2, 0) is 4.79 Å². The summed E-state index contributed by atoms with van der Waals surface area (Å²) >= 11 is 0. The van der Waals surface area contributed by atoms with Gasteiger partial charge in [0.05, 0.1) is 13.0 Å². The van der Waals surface area contributed by atoms with Gasteiger partial charge >= 0.3 is 0 Å². The number of carbonyl (C=O) groups excluding carboxylic acids is 1. The Morgan fingerprint density at radius 2 is 1.90 bits per heavy atom. The molecule has 1 saturated carbocycles. The van der Waals surface area contributed by atoms with Gasteiger partial charge in [-0.2, -0.15) is 0 Å². The molecule has 1 aliphatic carbocycles. The largest absolute Gasteiger partial charge is 0.493 e. The summed E-state index contributed by atoms with van der Waals surface area (Å²) in [6.07, 6.45) is 5.37. The molecule has 0 saturated heterocycles. The molecule has 0 heterocycles. The zero-order chi connectivity index (χ0) is 14.4. The van der Waals surface area contributed by atoms with Crippen LogP contribution in [0.15, 0.2) is 24.3 Å². The number of hydrogen-bond donors (Lipinski definition) is 2. The van der Waals surface area contributed by atoms with E-state index in [1.54, 1.807) is 0 Å². The Balaban J connectivity index is 1.77. The maximum absolute atomic E-state index is 10.6. The SMILES string of the molecule is CC1CCC(Nc2ccc(OCCC(N)=O)cc2)CC1. The van der Waals surface area contributed by atoms with Gasteiger partial charge in [0.1, 0.15) is 5.75 Å². The molecule has 0 aromatic heterocycles. The van der Waals surface area contributed by atoms with Gasteiger partial charge in [-0.15, -0.1) is 0 Å². The first-order valence-corrected chi connectivity index (χ1v) is 7.41. The first-order valence-electron chi connectivity index (χ1n) is 7.41. The van der Waals surface area contributed by atoms with E-state index in [4.69, 9.17) is 10.5 Å². The smallest absolute Gasteiger partial charge is 0.220 e. The van der Waals surface area contributed by atoms with Crippen LogP contribution in [0, 0.1) is 5.92 Å². The first-order chi connectivity index (χ1) is 9.63. The lowest BCUT2D eigenvalue weighted by Gasteiger charge is -2.27. The second-order valence-electron chi connectivity index (χ2n) is 5.69. The van der Waals surface area contributed by atoms with Crippen LogP contribution in [0.5, 0.6) is 5.75 Å². The number of amides is 1. The molecule has 1 amide bonds. The molecule has 1 aromatic rings. The predicted molar refractivity (Wildman–Crippen MR) is 80.8 cm³/mol. The van der Waals surface area contributed by atoms with Crippen LogP contribution < -0.4 is 15.8 Å². The minimum atomic E-state index is -0.338. The van der Waals surface area contributed by atoms with Crippen molar-refractivity contribution >= 4 is 11.6 Å². The van der Waals surface area contributed by atoms with Gasteiger partial charge in [-0.1, -0.05) is 6.92 Å². The van der Waals surface area contributed by atoms with Gasteiger partial charge < -0.3 is 15.8 Å². The standard InChI is InChI=1S/C16H24N2O2/c1-12-2-4-13(5-3-12)18-14-6-8-15(9-7-14)20-11-10-16(17)19/h6-9,12-13,18H,2-5,10-11H2,1H3,(H2,17,19). The minimum Gasteiger partial charge on any atom is -0.493 e. The van der Waals surface area contributed by atoms with E-state index in [-0.39, 0.29) is 12.3 Å². The fourth-order valence-electron chi connectivity index (χ4n) is 2.56. The Morgan fingerprint density at radius 1 is 1.25 bits per heavy atom. The summed E-state index contributed by atoms with van der Waals surface area (Å²) in [4.78, 5) is 10.6. The molecule has 2 rings (SSSR count). The van der Waals surface area contributed by atoms with Gasteiger partial charge in [0, 0.05) is 11.7 Å². The second kappa shape index (κ2) is 7.17. The summed E-state index contributed by atoms with van der Waals surface area (Å²) in [6.45, 7) is 2.66. The highest BCUT2D eigenvalue weighted by molar-refractivity contribution is 5.73. The molecule has 1 aliphatic rings. The lowest BCUT2D eigenvalue weighted by Crippen LogP contribution is -2.25. The number of primary amides is 1. The quantitative estimate of drug-likeness (QED) is 0.839. The summed E-state index contributed by atoms with van der Waals surface area (Å²) in [5.41, 5.74) is 6.20. The Bertz CT molecular complexity index is 423. The molecule has 110 valence electrons. The Kier molecular flexibility index (Phi) is 5.27. The fraction of sp³-hybridized carbons (Fsp3) is 0.562. The minimum absolute atomic E-state index is 0.250. The van der Waals surface area contributed by atoms with Crippen LogP contribution in [0.2, 0.25) is 0 Å². The van der Waals surface area contributed by atoms with Crippen LogP contribution in [0.4, 0.5) is 5.69 Å². The van der Waals surface area contributed by atoms with Crippen molar-refractivity contribution in [3.8, 4) is 5.75 Å². The van der Waals surface area contributed by atoms with E-state index < -0.39 is 0 Å². The van der Waals surface area contributed by atoms with Crippen molar-refractivity contribution in [1.29, 1.82) is 0 Å². The van der Waals surface area contributed by atoms with E-state index in [2.05, 4.69) is 12.2 Å². The second-order valence-corrected chi connectivity index (χ2v) is 5.69. The molecule has 0 bridgehead atoms. The van der Waals surface area contributed by atoms with Gasteiger partial charge in [0.15, 0.2) is 0 Å². The normalized spacial score (nSPS) is 22.2. The summed E-state index contributed by atoms with van der Waals surface area (Å²) in [7, 11) is 0. The number of benzene rings is 1. The number of anilines is 1. The van der Waals surface area contributed by atoms with Crippen LogP contribution in [-0.4, -0.2) is 18.6 Å². The Morgan fingerprint density at radius 3 is 2.50 bits per heavy atom. The molecule has 3 N–H and O–H groups in total. The van der Waals surface area contributed by atoms with Crippen molar-refractivity contribution in [3.63, 3.8) is 0 Å². The predicted octanol–water partition coefficient (Wildman–Crippen LogP) is 2.93. The molecule has 1 fully saturated rings. The number of nitrogens with one attached hydrogen (secondary N) is 1. The highest BCUT2D eigenvalue weighted by Crippen LogP contribution is 2.26. The maximum atomic E-state index is 10.6. The number of nitrogens with two attached hydrogens (primary N) is 1. The van der Waals surface area contributed by atoms with Gasteiger partial charge in [-0.25, -0.2) is 0 Å². The molecular formula is C16H24N2O2. The van der Waals surface area contributed by atoms with Crippen LogP contribution in [0.3, 0.4) is 0 Å². The van der Waals surface area contributed by atoms with Crippen LogP contribution >= 0.6 is 0 Å². The van der Waals surface area contributed by atoms with Gasteiger partial charge in [0.25, 0.3) is 0 Å². The Hall–Kier alpha value is -1.71. The van der Waals surface area contributed by atoms with E-state index in [0.29, 0.717) is 12.6 Å². The average molecular weight is 276 g/mol. The van der Waals surface area contributed by atoms with Gasteiger partial charge in [-0.3, -0.25) is 4.79 Å². The third-order valence-corrected chi connectivity index (χ3v) is 3.86. The van der Waals surface area contributed by atoms with Crippen molar-refractivity contribution in [2.75, 3.05) is 11.9 Å². The van der Waals surface area contributed by atoms with Crippen molar-refractivity contribution in [2.45, 2.75) is 45.1 Å². The van der Waals surface area contributed by atoms with E-state index in [1.165, 1.54) is 25.7 Å². The number of hydrogen-bond acceptors (Lipinski definition) is 3. The zero-order valence-electron chi connectivity index (χ0n) is 12.1. The third-order valence-electron chi connectivity index (χ3n) is 3.86. The van der Waals surface area contributed by atoms with E-state index in [9.17, 15) is 4.79 Å². The zero-order valence-corrected chi connectivity index (χ0v) is 12.1. The number of ether oxygens (including phenoxy) is 1. The Labute approximate surface area is 120 Å². The van der Waals surface area contributed by atoms with E-state index >= 15 is 0 Å². The fourth-order valence-corrected chi connectivity index (χ4v) is 2.56. The number of rotatable bonds is 6. The van der Waals surface area contributed by atoms with Crippen molar-refractivity contribution in [1.82, 2.24) is 0 Å². The van der Waals surface area contributed by atoms with Gasteiger partial charge in [-0.05, 0) is 55.9 Å². The molecule has 0 aliphatic heterocycles. The van der Waals surface area contributed by atoms with E-state index in [1.807, 2.05) is 24.3 Å². The first kappa shape index (κ1) is 14.7. The van der Waals surface area contributed by atoms with Crippen LogP contribution in [0.1, 0.15) is 39.0 Å². The molecule has 1 aromatic carbocycles. The van der Waals surface area contributed by atoms with E-state index in [0.717, 1.165) is 17.4 Å². The molecule has 0 unspecified atom stereocenters. The lowest BCUT2D eigenvalue weighted by atomic mass is 9.87. The molecule has 4 nitrogen and oxygen atoms in total. The average Bonchev–Trinajstić information content (AvgIpc) is 2.43. The topological polar surface area (TPSA) is 64.3 Å². The molecular weight excluding hydrogens is 252 g/mol. The third kappa shape index (κ3) is 4.76. The van der Waals surface area contributed by atoms with Gasteiger partial charge in [0.2, 0.25) is 5.91 Å². The monoisotopic (exact) mass is 276 g/mol. The molecule has 4 heteroatoms. The molecule has 0 atom stereocenters. The molecule has 0 radical (unpaired) electrons. The molecule has 20 heavy (non-hydrogen) atoms.